The first kappa shape index (κ1) is 46.1. The Balaban J connectivity index is 3.72. The lowest BCUT2D eigenvalue weighted by Crippen LogP contribution is -2.28. The molecule has 2 atom stereocenters. The topological polar surface area (TPSA) is 93.1 Å². The minimum atomic E-state index is -0.841. The van der Waals surface area contributed by atoms with E-state index in [1.54, 1.807) is 6.08 Å². The molecule has 0 bridgehead atoms. The standard InChI is InChI=1S/C42H76O6/c1-4-5-6-7-8-9-10-12-16-19-22-25-28-32-39(44)33-30-35-41(45)47-37-40(36-43)48-42(46)34-29-26-23-20-17-14-11-13-15-18-21-24-27-31-38(2)3/h12,16,22,25,28,32,38-40,43-44H,4-11,13-15,17-21,23-24,26-27,29-31,33-37H2,1-3H3/b16-12+,25-22+,32-28+/t39?,40-/m0/s1. The molecule has 0 heterocycles. The Morgan fingerprint density at radius 3 is 1.79 bits per heavy atom. The average molecular weight is 677 g/mol. The number of allylic oxidation sites excluding steroid dienone is 5. The van der Waals surface area contributed by atoms with Gasteiger partial charge >= 0.3 is 11.9 Å². The molecule has 0 aromatic rings. The van der Waals surface area contributed by atoms with Gasteiger partial charge in [-0.25, -0.2) is 0 Å². The van der Waals surface area contributed by atoms with Gasteiger partial charge in [0.2, 0.25) is 0 Å². The molecule has 6 nitrogen and oxygen atoms in total. The molecule has 2 N–H and O–H groups in total. The van der Waals surface area contributed by atoms with E-state index < -0.39 is 18.2 Å². The van der Waals surface area contributed by atoms with Crippen molar-refractivity contribution in [2.45, 2.75) is 200 Å². The van der Waals surface area contributed by atoms with Crippen molar-refractivity contribution in [3.8, 4) is 0 Å². The number of hydrogen-bond acceptors (Lipinski definition) is 6. The number of ether oxygens (including phenoxy) is 2. The summed E-state index contributed by atoms with van der Waals surface area (Å²) < 4.78 is 10.5. The molecule has 1 unspecified atom stereocenters. The van der Waals surface area contributed by atoms with Crippen LogP contribution in [0.15, 0.2) is 36.5 Å². The maximum absolute atomic E-state index is 12.2. The zero-order valence-electron chi connectivity index (χ0n) is 31.5. The van der Waals surface area contributed by atoms with Gasteiger partial charge < -0.3 is 19.7 Å². The molecule has 0 amide bonds. The van der Waals surface area contributed by atoms with Crippen molar-refractivity contribution in [1.82, 2.24) is 0 Å². The van der Waals surface area contributed by atoms with Gasteiger partial charge in [-0.2, -0.15) is 0 Å². The van der Waals surface area contributed by atoms with E-state index in [1.165, 1.54) is 109 Å². The SMILES string of the molecule is CCCCCCCC/C=C/C/C=C/C=C/C(O)CCCC(=O)OC[C@H](CO)OC(=O)CCCCCCCCCCCCCCCC(C)C. The normalized spacial score (nSPS) is 13.3. The quantitative estimate of drug-likeness (QED) is 0.0300. The number of carbonyl (C=O) groups is 2. The van der Waals surface area contributed by atoms with E-state index in [4.69, 9.17) is 9.47 Å². The molecule has 6 heteroatoms. The lowest BCUT2D eigenvalue weighted by molar-refractivity contribution is -0.161. The van der Waals surface area contributed by atoms with Crippen LogP contribution in [0.3, 0.4) is 0 Å². The van der Waals surface area contributed by atoms with E-state index in [2.05, 4.69) is 39.0 Å². The molecule has 0 aliphatic rings. The molecule has 0 rings (SSSR count). The maximum atomic E-state index is 12.2. The Hall–Kier alpha value is -1.92. The summed E-state index contributed by atoms with van der Waals surface area (Å²) in [6, 6.07) is 0. The number of unbranched alkanes of at least 4 members (excludes halogenated alkanes) is 18. The second kappa shape index (κ2) is 36.4. The second-order valence-corrected chi connectivity index (χ2v) is 14.0. The molecule has 0 spiro atoms. The Bertz CT molecular complexity index is 802. The van der Waals surface area contributed by atoms with Crippen molar-refractivity contribution < 1.29 is 29.3 Å². The van der Waals surface area contributed by atoms with Gasteiger partial charge in [-0.05, 0) is 44.4 Å². The number of aliphatic hydroxyl groups is 2. The van der Waals surface area contributed by atoms with Gasteiger partial charge in [0.05, 0.1) is 12.7 Å². The molecule has 0 saturated heterocycles. The van der Waals surface area contributed by atoms with Crippen LogP contribution in [0.5, 0.6) is 0 Å². The van der Waals surface area contributed by atoms with Gasteiger partial charge in [0.15, 0.2) is 6.10 Å². The summed E-state index contributed by atoms with van der Waals surface area (Å²) in [5, 5.41) is 19.7. The van der Waals surface area contributed by atoms with Gasteiger partial charge in [-0.1, -0.05) is 173 Å². The van der Waals surface area contributed by atoms with Crippen LogP contribution in [-0.2, 0) is 19.1 Å². The molecule has 0 aromatic carbocycles. The molecule has 48 heavy (non-hydrogen) atoms. The maximum Gasteiger partial charge on any atom is 0.306 e. The third-order valence-corrected chi connectivity index (χ3v) is 8.72. The van der Waals surface area contributed by atoms with E-state index in [0.29, 0.717) is 19.3 Å². The Morgan fingerprint density at radius 1 is 0.625 bits per heavy atom. The predicted molar refractivity (Wildman–Crippen MR) is 202 cm³/mol. The third kappa shape index (κ3) is 35.4. The monoisotopic (exact) mass is 677 g/mol. The zero-order valence-corrected chi connectivity index (χ0v) is 31.5. The minimum absolute atomic E-state index is 0.153. The molecular formula is C42H76O6. The summed E-state index contributed by atoms with van der Waals surface area (Å²) in [4.78, 5) is 24.3. The lowest BCUT2D eigenvalue weighted by atomic mass is 10.0. The molecule has 0 saturated carbocycles. The minimum Gasteiger partial charge on any atom is -0.462 e. The molecule has 0 aromatic heterocycles. The highest BCUT2D eigenvalue weighted by Crippen LogP contribution is 2.15. The first-order valence-electron chi connectivity index (χ1n) is 20.0. The summed E-state index contributed by atoms with van der Waals surface area (Å²) in [5.74, 6) is 0.0519. The fourth-order valence-corrected chi connectivity index (χ4v) is 5.63. The molecule has 0 aliphatic heterocycles. The third-order valence-electron chi connectivity index (χ3n) is 8.72. The van der Waals surface area contributed by atoms with Crippen LogP contribution in [0.25, 0.3) is 0 Å². The summed E-state index contributed by atoms with van der Waals surface area (Å²) >= 11 is 0. The van der Waals surface area contributed by atoms with Crippen LogP contribution in [0.2, 0.25) is 0 Å². The van der Waals surface area contributed by atoms with Crippen LogP contribution in [0.1, 0.15) is 188 Å². The van der Waals surface area contributed by atoms with Gasteiger partial charge in [0, 0.05) is 12.8 Å². The first-order chi connectivity index (χ1) is 23.4. The molecule has 0 fully saturated rings. The van der Waals surface area contributed by atoms with Crippen molar-refractivity contribution >= 4 is 11.9 Å². The van der Waals surface area contributed by atoms with Crippen molar-refractivity contribution in [3.05, 3.63) is 36.5 Å². The van der Waals surface area contributed by atoms with Crippen LogP contribution < -0.4 is 0 Å². The van der Waals surface area contributed by atoms with E-state index >= 15 is 0 Å². The Kier molecular flexibility index (Phi) is 34.9. The smallest absolute Gasteiger partial charge is 0.306 e. The predicted octanol–water partition coefficient (Wildman–Crippen LogP) is 11.3. The summed E-state index contributed by atoms with van der Waals surface area (Å²) in [7, 11) is 0. The van der Waals surface area contributed by atoms with Gasteiger partial charge in [-0.15, -0.1) is 0 Å². The van der Waals surface area contributed by atoms with Crippen LogP contribution in [0.4, 0.5) is 0 Å². The van der Waals surface area contributed by atoms with Gasteiger partial charge in [0.1, 0.15) is 6.61 Å². The highest BCUT2D eigenvalue weighted by molar-refractivity contribution is 5.70. The molecule has 0 aliphatic carbocycles. The lowest BCUT2D eigenvalue weighted by Gasteiger charge is -2.16. The van der Waals surface area contributed by atoms with Crippen molar-refractivity contribution in [2.24, 2.45) is 5.92 Å². The van der Waals surface area contributed by atoms with Crippen molar-refractivity contribution in [3.63, 3.8) is 0 Å². The number of hydrogen-bond donors (Lipinski definition) is 2. The largest absolute Gasteiger partial charge is 0.462 e. The summed E-state index contributed by atoms with van der Waals surface area (Å²) in [6.07, 6.45) is 39.5. The fraction of sp³-hybridized carbons (Fsp3) is 0.810. The van der Waals surface area contributed by atoms with E-state index in [1.807, 2.05) is 12.2 Å². The van der Waals surface area contributed by atoms with E-state index in [9.17, 15) is 19.8 Å². The first-order valence-corrected chi connectivity index (χ1v) is 20.0. The van der Waals surface area contributed by atoms with E-state index in [0.717, 1.165) is 38.0 Å². The summed E-state index contributed by atoms with van der Waals surface area (Å²) in [6.45, 7) is 6.31. The van der Waals surface area contributed by atoms with Gasteiger partial charge in [-0.3, -0.25) is 9.59 Å². The second-order valence-electron chi connectivity index (χ2n) is 14.0. The van der Waals surface area contributed by atoms with E-state index in [-0.39, 0.29) is 25.6 Å². The molecule has 280 valence electrons. The van der Waals surface area contributed by atoms with Gasteiger partial charge in [0.25, 0.3) is 0 Å². The van der Waals surface area contributed by atoms with Crippen LogP contribution >= 0.6 is 0 Å². The Labute approximate surface area is 296 Å². The van der Waals surface area contributed by atoms with Crippen molar-refractivity contribution in [2.75, 3.05) is 13.2 Å². The van der Waals surface area contributed by atoms with Crippen molar-refractivity contribution in [1.29, 1.82) is 0 Å². The van der Waals surface area contributed by atoms with Crippen LogP contribution in [0, 0.1) is 5.92 Å². The zero-order chi connectivity index (χ0) is 35.3. The number of esters is 2. The molecular weight excluding hydrogens is 600 g/mol. The molecule has 0 radical (unpaired) electrons. The number of aliphatic hydroxyl groups excluding tert-OH is 2. The van der Waals surface area contributed by atoms with Crippen LogP contribution in [-0.4, -0.2) is 47.6 Å². The number of rotatable bonds is 35. The number of carbonyl (C=O) groups excluding carboxylic acids is 2. The Morgan fingerprint density at radius 2 is 1.19 bits per heavy atom. The highest BCUT2D eigenvalue weighted by Gasteiger charge is 2.16. The highest BCUT2D eigenvalue weighted by atomic mass is 16.6. The fourth-order valence-electron chi connectivity index (χ4n) is 5.63. The average Bonchev–Trinajstić information content (AvgIpc) is 3.06. The summed E-state index contributed by atoms with van der Waals surface area (Å²) in [5.41, 5.74) is 0.